The zero-order chi connectivity index (χ0) is 18.1. The van der Waals surface area contributed by atoms with Crippen LogP contribution in [0.1, 0.15) is 6.92 Å². The second-order valence-corrected chi connectivity index (χ2v) is 32.9. The van der Waals surface area contributed by atoms with E-state index in [0.717, 1.165) is 6.16 Å². The molecule has 3 rings (SSSR count). The zero-order valence-electron chi connectivity index (χ0n) is 13.7. The summed E-state index contributed by atoms with van der Waals surface area (Å²) in [4.78, 5) is 0. The van der Waals surface area contributed by atoms with E-state index in [4.69, 9.17) is 0 Å². The van der Waals surface area contributed by atoms with Gasteiger partial charge in [-0.15, -0.1) is 0 Å². The fourth-order valence-electron chi connectivity index (χ4n) is 3.04. The average Bonchev–Trinajstić information content (AvgIpc) is 2.65. The van der Waals surface area contributed by atoms with E-state index >= 15 is 0 Å². The Morgan fingerprint density at radius 3 is 1.04 bits per heavy atom. The van der Waals surface area contributed by atoms with Crippen LogP contribution in [0.15, 0.2) is 91.0 Å². The molecule has 3 aromatic rings. The van der Waals surface area contributed by atoms with Crippen molar-refractivity contribution in [3.05, 3.63) is 91.0 Å². The first-order valence-electron chi connectivity index (χ1n) is 7.77. The maximum absolute atomic E-state index is 2.34. The van der Waals surface area contributed by atoms with Gasteiger partial charge in [-0.25, -0.2) is 0 Å². The summed E-state index contributed by atoms with van der Waals surface area (Å²) >= 11 is 7.01. The van der Waals surface area contributed by atoms with Crippen LogP contribution in [0.2, 0.25) is 0 Å². The summed E-state index contributed by atoms with van der Waals surface area (Å²) in [6.45, 7) is 2.32. The second-order valence-electron chi connectivity index (χ2n) is 5.26. The zero-order valence-corrected chi connectivity index (χ0v) is 22.1. The molecule has 0 spiro atoms. The van der Waals surface area contributed by atoms with Gasteiger partial charge in [-0.3, -0.25) is 0 Å². The Hall–Kier alpha value is 0.799. The first kappa shape index (κ1) is 22.1. The molecular formula is C20H20CuI3P. The van der Waals surface area contributed by atoms with E-state index in [1.165, 1.54) is 15.9 Å². The number of rotatable bonds is 4. The van der Waals surface area contributed by atoms with Crippen LogP contribution in [0.5, 0.6) is 0 Å². The van der Waals surface area contributed by atoms with E-state index in [-0.39, 0.29) is 0 Å². The van der Waals surface area contributed by atoms with Gasteiger partial charge >= 0.3 is 65.2 Å². The summed E-state index contributed by atoms with van der Waals surface area (Å²) in [5.74, 6) is 0. The van der Waals surface area contributed by atoms with Gasteiger partial charge in [-0.05, 0) is 43.3 Å². The van der Waals surface area contributed by atoms with Crippen molar-refractivity contribution in [2.75, 3.05) is 6.16 Å². The van der Waals surface area contributed by atoms with Crippen molar-refractivity contribution >= 4 is 84.2 Å². The molecular weight excluding hydrogens is 715 g/mol. The van der Waals surface area contributed by atoms with Gasteiger partial charge in [0.2, 0.25) is 0 Å². The van der Waals surface area contributed by atoms with E-state index in [9.17, 15) is 0 Å². The Bertz CT molecular complexity index is 637. The first-order valence-corrected chi connectivity index (χ1v) is 18.9. The third kappa shape index (κ3) is 6.15. The van der Waals surface area contributed by atoms with Crippen molar-refractivity contribution in [1.82, 2.24) is 0 Å². The summed E-state index contributed by atoms with van der Waals surface area (Å²) < 4.78 is 0.597. The fraction of sp³-hybridized carbons (Fsp3) is 0.100. The van der Waals surface area contributed by atoms with Crippen molar-refractivity contribution in [1.29, 1.82) is 0 Å². The minimum atomic E-state index is -1.53. The van der Waals surface area contributed by atoms with Crippen molar-refractivity contribution < 1.29 is 4.15 Å². The molecule has 137 valence electrons. The molecule has 0 aliphatic rings. The Morgan fingerprint density at radius 2 is 0.840 bits per heavy atom. The first-order chi connectivity index (χ1) is 12.1. The van der Waals surface area contributed by atoms with Crippen LogP contribution in [-0.4, -0.2) is 6.16 Å². The van der Waals surface area contributed by atoms with Crippen LogP contribution in [0.3, 0.4) is 0 Å². The SMILES string of the molecule is CC[P+](c1ccccc1)(c1ccccc1)c1ccccc1.[I][Cu-]([I])[I]. The van der Waals surface area contributed by atoms with Gasteiger partial charge in [0.1, 0.15) is 23.2 Å². The molecule has 0 aromatic heterocycles. The summed E-state index contributed by atoms with van der Waals surface area (Å²) in [5, 5.41) is 4.39. The van der Waals surface area contributed by atoms with E-state index < -0.39 is 7.26 Å². The Kier molecular flexibility index (Phi) is 10.3. The quantitative estimate of drug-likeness (QED) is 0.160. The molecule has 0 nitrogen and oxygen atoms in total. The Balaban J connectivity index is 0.000000511. The number of benzene rings is 3. The molecule has 0 amide bonds. The monoisotopic (exact) mass is 735 g/mol. The summed E-state index contributed by atoms with van der Waals surface area (Å²) in [5.41, 5.74) is 0. The van der Waals surface area contributed by atoms with Crippen LogP contribution in [0.25, 0.3) is 0 Å². The molecule has 0 fully saturated rings. The minimum absolute atomic E-state index is 0.597. The summed E-state index contributed by atoms with van der Waals surface area (Å²) in [7, 11) is -1.53. The van der Waals surface area contributed by atoms with E-state index in [0.29, 0.717) is 4.15 Å². The van der Waals surface area contributed by atoms with Crippen molar-refractivity contribution in [3.8, 4) is 0 Å². The Morgan fingerprint density at radius 1 is 0.600 bits per heavy atom. The molecule has 0 atom stereocenters. The van der Waals surface area contributed by atoms with Gasteiger partial charge in [0.15, 0.2) is 0 Å². The van der Waals surface area contributed by atoms with Crippen molar-refractivity contribution in [2.24, 2.45) is 0 Å². The average molecular weight is 736 g/mol. The summed E-state index contributed by atoms with van der Waals surface area (Å²) in [6.07, 6.45) is 1.14. The van der Waals surface area contributed by atoms with Gasteiger partial charge in [0.25, 0.3) is 0 Å². The topological polar surface area (TPSA) is 0 Å². The van der Waals surface area contributed by atoms with E-state index in [1.54, 1.807) is 0 Å². The molecule has 0 aliphatic heterocycles. The van der Waals surface area contributed by atoms with E-state index in [1.807, 2.05) is 0 Å². The molecule has 5 heteroatoms. The normalized spacial score (nSPS) is 11.3. The van der Waals surface area contributed by atoms with Crippen LogP contribution in [-0.2, 0) is 4.15 Å². The van der Waals surface area contributed by atoms with Gasteiger partial charge < -0.3 is 0 Å². The molecule has 0 heterocycles. The molecule has 0 unspecified atom stereocenters. The van der Waals surface area contributed by atoms with Gasteiger partial charge in [0, 0.05) is 0 Å². The number of halogens is 3. The van der Waals surface area contributed by atoms with Crippen LogP contribution >= 0.6 is 68.3 Å². The van der Waals surface area contributed by atoms with Gasteiger partial charge in [-0.2, -0.15) is 0 Å². The summed E-state index contributed by atoms with van der Waals surface area (Å²) in [6, 6.07) is 33.0. The molecule has 0 saturated carbocycles. The predicted molar refractivity (Wildman–Crippen MR) is 138 cm³/mol. The predicted octanol–water partition coefficient (Wildman–Crippen LogP) is 6.66. The molecule has 0 bridgehead atoms. The number of hydrogen-bond acceptors (Lipinski definition) is 0. The fourth-order valence-corrected chi connectivity index (χ4v) is 7.08. The number of hydrogen-bond donors (Lipinski definition) is 0. The molecule has 0 N–H and O–H groups in total. The second kappa shape index (κ2) is 11.6. The van der Waals surface area contributed by atoms with Crippen LogP contribution < -0.4 is 15.9 Å². The van der Waals surface area contributed by atoms with Crippen LogP contribution in [0.4, 0.5) is 0 Å². The van der Waals surface area contributed by atoms with Crippen molar-refractivity contribution in [3.63, 3.8) is 0 Å². The molecule has 0 radical (unpaired) electrons. The maximum atomic E-state index is 2.34. The molecule has 0 aliphatic carbocycles. The van der Waals surface area contributed by atoms with Crippen molar-refractivity contribution in [2.45, 2.75) is 6.92 Å². The third-order valence-electron chi connectivity index (χ3n) is 4.07. The van der Waals surface area contributed by atoms with Crippen LogP contribution in [0, 0.1) is 0 Å². The molecule has 25 heavy (non-hydrogen) atoms. The molecule has 3 aromatic carbocycles. The van der Waals surface area contributed by atoms with Gasteiger partial charge in [-0.1, -0.05) is 54.6 Å². The molecule has 0 saturated heterocycles. The van der Waals surface area contributed by atoms with E-state index in [2.05, 4.69) is 159 Å². The standard InChI is InChI=1S/C20H20P.Cu.3HI/c1-2-21(18-12-6-3-7-13-18,19-14-8-4-9-15-19)20-16-10-5-11-17-20;;;;/h3-17H,2H2,1H3;;3*1H/q+1;+2;;;/p-3. The Labute approximate surface area is 190 Å². The van der Waals surface area contributed by atoms with Gasteiger partial charge in [0.05, 0.1) is 6.16 Å². The third-order valence-corrected chi connectivity index (χ3v) is 8.55.